The van der Waals surface area contributed by atoms with E-state index in [2.05, 4.69) is 0 Å². The lowest BCUT2D eigenvalue weighted by Gasteiger charge is -2.13. The fourth-order valence-corrected chi connectivity index (χ4v) is 0.339. The fraction of sp³-hybridized carbons (Fsp3) is 1.00. The third kappa shape index (κ3) is 5.84. The van der Waals surface area contributed by atoms with Gasteiger partial charge >= 0.3 is 0 Å². The highest BCUT2D eigenvalue weighted by atomic mass is 16.5. The topological polar surface area (TPSA) is 86.7 Å². The Bertz CT molecular complexity index is 58.8. The summed E-state index contributed by atoms with van der Waals surface area (Å²) in [4.78, 5) is 0. The normalized spacial score (nSPS) is 12.0. The summed E-state index contributed by atoms with van der Waals surface area (Å²) < 4.78 is 0. The van der Waals surface area contributed by atoms with Crippen LogP contribution in [0.1, 0.15) is 12.8 Å². The second-order valence-electron chi connectivity index (χ2n) is 1.71. The predicted octanol–water partition coefficient (Wildman–Crippen LogP) is -1.64. The maximum atomic E-state index is 8.37. The fourth-order valence-electron chi connectivity index (χ4n) is 0.339. The van der Waals surface area contributed by atoms with Crippen molar-refractivity contribution in [1.29, 1.82) is 0 Å². The number of rotatable bonds is 3. The van der Waals surface area contributed by atoms with Crippen molar-refractivity contribution in [3.8, 4) is 0 Å². The summed E-state index contributed by atoms with van der Waals surface area (Å²) >= 11 is 0. The number of hydrogen-bond donors (Lipinski definition) is 4. The molecule has 0 saturated heterocycles. The minimum absolute atomic E-state index is 0.00347. The van der Waals surface area contributed by atoms with E-state index in [0.29, 0.717) is 6.42 Å². The Balaban J connectivity index is 3.11. The molecule has 0 spiro atoms. The molecule has 0 amide bonds. The first kappa shape index (κ1) is 7.84. The van der Waals surface area contributed by atoms with E-state index >= 15 is 0 Å². The van der Waals surface area contributed by atoms with Crippen LogP contribution in [0.25, 0.3) is 0 Å². The van der Waals surface area contributed by atoms with E-state index in [1.807, 2.05) is 0 Å². The van der Waals surface area contributed by atoms with Gasteiger partial charge in [0, 0.05) is 13.0 Å². The van der Waals surface area contributed by atoms with Gasteiger partial charge < -0.3 is 15.3 Å². The molecule has 0 rings (SSSR count). The van der Waals surface area contributed by atoms with Crippen LogP contribution in [0.3, 0.4) is 0 Å². The first-order valence-electron chi connectivity index (χ1n) is 2.41. The molecule has 5 N–H and O–H groups in total. The van der Waals surface area contributed by atoms with E-state index < -0.39 is 5.91 Å². The quantitative estimate of drug-likeness (QED) is 0.337. The zero-order chi connectivity index (χ0) is 6.62. The van der Waals surface area contributed by atoms with E-state index in [9.17, 15) is 0 Å². The molecule has 50 valence electrons. The maximum absolute atomic E-state index is 8.37. The minimum Gasteiger partial charge on any atom is -0.396 e. The smallest absolute Gasteiger partial charge is 0.219 e. The summed E-state index contributed by atoms with van der Waals surface area (Å²) in [6.07, 6.45) is 0.312. The van der Waals surface area contributed by atoms with Gasteiger partial charge in [0.25, 0.3) is 0 Å². The van der Waals surface area contributed by atoms with Crippen LogP contribution in [0, 0.1) is 0 Å². The van der Waals surface area contributed by atoms with Crippen molar-refractivity contribution in [3.05, 3.63) is 0 Å². The summed E-state index contributed by atoms with van der Waals surface area (Å²) in [5, 5.41) is 24.9. The van der Waals surface area contributed by atoms with Gasteiger partial charge in [-0.25, -0.2) is 0 Å². The zero-order valence-electron chi connectivity index (χ0n) is 4.54. The average Bonchev–Trinajstić information content (AvgIpc) is 1.59. The Morgan fingerprint density at radius 1 is 1.38 bits per heavy atom. The van der Waals surface area contributed by atoms with Crippen molar-refractivity contribution in [1.82, 2.24) is 0 Å². The van der Waals surface area contributed by atoms with Crippen LogP contribution in [0.5, 0.6) is 0 Å². The summed E-state index contributed by atoms with van der Waals surface area (Å²) in [5.74, 6) is -2.11. The van der Waals surface area contributed by atoms with Crippen LogP contribution in [-0.2, 0) is 0 Å². The molecule has 0 atom stereocenters. The van der Waals surface area contributed by atoms with Crippen LogP contribution < -0.4 is 5.73 Å². The van der Waals surface area contributed by atoms with Crippen LogP contribution >= 0.6 is 0 Å². The van der Waals surface area contributed by atoms with E-state index in [1.165, 1.54) is 0 Å². The zero-order valence-corrected chi connectivity index (χ0v) is 4.54. The summed E-state index contributed by atoms with van der Waals surface area (Å²) in [5.41, 5.74) is 4.72. The Morgan fingerprint density at radius 3 is 2.00 bits per heavy atom. The molecule has 0 heterocycles. The van der Waals surface area contributed by atoms with Crippen molar-refractivity contribution in [2.75, 3.05) is 6.61 Å². The average molecular weight is 121 g/mol. The standard InChI is InChI=1S/C4H11NO3/c5-4(7,8)2-1-3-6/h6-8H,1-3,5H2. The largest absolute Gasteiger partial charge is 0.396 e. The maximum Gasteiger partial charge on any atom is 0.219 e. The van der Waals surface area contributed by atoms with Crippen molar-refractivity contribution in [3.63, 3.8) is 0 Å². The van der Waals surface area contributed by atoms with Crippen molar-refractivity contribution in [2.45, 2.75) is 18.8 Å². The molecule has 0 aromatic rings. The Labute approximate surface area is 47.6 Å². The van der Waals surface area contributed by atoms with Crippen LogP contribution in [0.15, 0.2) is 0 Å². The first-order chi connectivity index (χ1) is 3.56. The van der Waals surface area contributed by atoms with Crippen molar-refractivity contribution < 1.29 is 15.3 Å². The Hall–Kier alpha value is -0.160. The molecule has 0 aromatic carbocycles. The van der Waals surface area contributed by atoms with E-state index in [1.54, 1.807) is 0 Å². The molecule has 8 heavy (non-hydrogen) atoms. The van der Waals surface area contributed by atoms with E-state index in [-0.39, 0.29) is 13.0 Å². The SMILES string of the molecule is NC(O)(O)CCCO. The molecule has 0 bridgehead atoms. The van der Waals surface area contributed by atoms with Gasteiger partial charge in [-0.15, -0.1) is 0 Å². The predicted molar refractivity (Wildman–Crippen MR) is 27.7 cm³/mol. The number of hydrogen-bond acceptors (Lipinski definition) is 4. The molecule has 4 nitrogen and oxygen atoms in total. The third-order valence-corrected chi connectivity index (χ3v) is 0.703. The highest BCUT2D eigenvalue weighted by Crippen LogP contribution is 1.98. The first-order valence-corrected chi connectivity index (χ1v) is 2.41. The van der Waals surface area contributed by atoms with Gasteiger partial charge in [-0.1, -0.05) is 0 Å². The number of nitrogens with two attached hydrogens (primary N) is 1. The molecule has 0 aliphatic carbocycles. The summed E-state index contributed by atoms with van der Waals surface area (Å²) in [7, 11) is 0. The monoisotopic (exact) mass is 121 g/mol. The Kier molecular flexibility index (Phi) is 2.93. The summed E-state index contributed by atoms with van der Waals surface area (Å²) in [6, 6.07) is 0. The van der Waals surface area contributed by atoms with Crippen molar-refractivity contribution in [2.24, 2.45) is 5.73 Å². The lowest BCUT2D eigenvalue weighted by molar-refractivity contribution is -0.161. The van der Waals surface area contributed by atoms with E-state index in [4.69, 9.17) is 21.1 Å². The molecule has 4 heteroatoms. The van der Waals surface area contributed by atoms with Crippen LogP contribution in [0.2, 0.25) is 0 Å². The number of aliphatic hydroxyl groups excluding tert-OH is 1. The molecule has 0 aromatic heterocycles. The highest BCUT2D eigenvalue weighted by Gasteiger charge is 2.13. The Morgan fingerprint density at radius 2 is 1.88 bits per heavy atom. The van der Waals surface area contributed by atoms with Gasteiger partial charge in [0.2, 0.25) is 5.91 Å². The third-order valence-electron chi connectivity index (χ3n) is 0.703. The van der Waals surface area contributed by atoms with Gasteiger partial charge in [0.05, 0.1) is 0 Å². The highest BCUT2D eigenvalue weighted by molar-refractivity contribution is 4.51. The van der Waals surface area contributed by atoms with Gasteiger partial charge in [-0.3, -0.25) is 5.73 Å². The van der Waals surface area contributed by atoms with Gasteiger partial charge in [0.15, 0.2) is 0 Å². The molecule has 0 aliphatic rings. The molecule has 0 aliphatic heterocycles. The molecular weight excluding hydrogens is 110 g/mol. The lowest BCUT2D eigenvalue weighted by atomic mass is 10.3. The lowest BCUT2D eigenvalue weighted by Crippen LogP contribution is -2.38. The molecule has 0 saturated carbocycles. The minimum atomic E-state index is -2.11. The van der Waals surface area contributed by atoms with E-state index in [0.717, 1.165) is 0 Å². The molecule has 0 fully saturated rings. The summed E-state index contributed by atoms with van der Waals surface area (Å²) in [6.45, 7) is -0.0694. The second kappa shape index (κ2) is 2.99. The molecule has 0 unspecified atom stereocenters. The van der Waals surface area contributed by atoms with Gasteiger partial charge in [-0.05, 0) is 6.42 Å². The van der Waals surface area contributed by atoms with Crippen molar-refractivity contribution >= 4 is 0 Å². The molecule has 0 radical (unpaired) electrons. The second-order valence-corrected chi connectivity index (χ2v) is 1.71. The molecular formula is C4H11NO3. The van der Waals surface area contributed by atoms with Crippen LogP contribution in [0.4, 0.5) is 0 Å². The number of aliphatic hydroxyl groups is 3. The van der Waals surface area contributed by atoms with Gasteiger partial charge in [-0.2, -0.15) is 0 Å². The van der Waals surface area contributed by atoms with Crippen LogP contribution in [-0.4, -0.2) is 27.8 Å². The van der Waals surface area contributed by atoms with Gasteiger partial charge in [0.1, 0.15) is 0 Å².